The van der Waals surface area contributed by atoms with Crippen molar-refractivity contribution in [3.63, 3.8) is 0 Å². The monoisotopic (exact) mass is 324 g/mol. The van der Waals surface area contributed by atoms with Crippen LogP contribution in [0.1, 0.15) is 16.0 Å². The molecule has 20 heavy (non-hydrogen) atoms. The zero-order valence-corrected chi connectivity index (χ0v) is 13.0. The molecule has 0 radical (unpaired) electrons. The Morgan fingerprint density at radius 2 is 2.00 bits per heavy atom. The van der Waals surface area contributed by atoms with Crippen LogP contribution in [-0.4, -0.2) is 11.1 Å². The fraction of sp³-hybridized carbons (Fsp3) is 0.133. The minimum absolute atomic E-state index is 0.748. The van der Waals surface area contributed by atoms with E-state index >= 15 is 0 Å². The number of carbonyl (C=O) groups is 1. The maximum atomic E-state index is 10.5. The van der Waals surface area contributed by atoms with Gasteiger partial charge in [0.1, 0.15) is 0 Å². The minimum Gasteiger partial charge on any atom is -0.478 e. The van der Waals surface area contributed by atoms with Crippen molar-refractivity contribution in [2.45, 2.75) is 11.5 Å². The summed E-state index contributed by atoms with van der Waals surface area (Å²) in [5, 5.41) is 11.4. The Hall–Kier alpha value is -1.23. The topological polar surface area (TPSA) is 37.3 Å². The summed E-state index contributed by atoms with van der Waals surface area (Å²) in [5.41, 5.74) is 2.22. The fourth-order valence-corrected chi connectivity index (χ4v) is 3.80. The molecule has 0 aliphatic carbocycles. The highest BCUT2D eigenvalue weighted by molar-refractivity contribution is 7.97. The predicted octanol–water partition coefficient (Wildman–Crippen LogP) is 4.93. The molecule has 0 aliphatic rings. The SMILES string of the molecule is O=C(O)/C=C/c1ccsc1CSCc1ccc(Cl)cc1. The number of rotatable bonds is 6. The van der Waals surface area contributed by atoms with Crippen LogP contribution < -0.4 is 0 Å². The summed E-state index contributed by atoms with van der Waals surface area (Å²) in [6.07, 6.45) is 2.83. The second-order valence-electron chi connectivity index (χ2n) is 4.09. The molecule has 2 nitrogen and oxygen atoms in total. The zero-order valence-electron chi connectivity index (χ0n) is 10.6. The van der Waals surface area contributed by atoms with E-state index in [-0.39, 0.29) is 0 Å². The number of carboxylic acids is 1. The number of thioether (sulfide) groups is 1. The number of hydrogen-bond acceptors (Lipinski definition) is 3. The van der Waals surface area contributed by atoms with Gasteiger partial charge in [0.15, 0.2) is 0 Å². The van der Waals surface area contributed by atoms with Crippen molar-refractivity contribution in [2.24, 2.45) is 0 Å². The molecule has 2 aromatic rings. The molecule has 104 valence electrons. The lowest BCUT2D eigenvalue weighted by Gasteiger charge is -2.02. The van der Waals surface area contributed by atoms with Crippen LogP contribution in [0.25, 0.3) is 6.08 Å². The van der Waals surface area contributed by atoms with Crippen LogP contribution >= 0.6 is 34.7 Å². The number of benzene rings is 1. The van der Waals surface area contributed by atoms with Crippen LogP contribution in [0.5, 0.6) is 0 Å². The van der Waals surface area contributed by atoms with Gasteiger partial charge in [-0.1, -0.05) is 23.7 Å². The number of thiophene rings is 1. The molecule has 0 amide bonds. The van der Waals surface area contributed by atoms with Crippen LogP contribution in [0.15, 0.2) is 41.8 Å². The van der Waals surface area contributed by atoms with E-state index in [1.165, 1.54) is 16.5 Å². The van der Waals surface area contributed by atoms with Gasteiger partial charge in [0.05, 0.1) is 0 Å². The Labute approximate surface area is 131 Å². The smallest absolute Gasteiger partial charge is 0.328 e. The molecule has 5 heteroatoms. The molecule has 2 rings (SSSR count). The quantitative estimate of drug-likeness (QED) is 0.765. The summed E-state index contributed by atoms with van der Waals surface area (Å²) >= 11 is 9.30. The highest BCUT2D eigenvalue weighted by Crippen LogP contribution is 2.26. The first-order valence-electron chi connectivity index (χ1n) is 5.95. The molecule has 0 bridgehead atoms. The molecule has 1 aromatic heterocycles. The van der Waals surface area contributed by atoms with Gasteiger partial charge in [-0.15, -0.1) is 11.3 Å². The lowest BCUT2D eigenvalue weighted by Crippen LogP contribution is -1.87. The molecule has 0 unspecified atom stereocenters. The number of aliphatic carboxylic acids is 1. The van der Waals surface area contributed by atoms with Gasteiger partial charge in [-0.05, 0) is 40.8 Å². The van der Waals surface area contributed by atoms with Crippen molar-refractivity contribution >= 4 is 46.7 Å². The average molecular weight is 325 g/mol. The molecule has 1 heterocycles. The molecule has 1 N–H and O–H groups in total. The van der Waals surface area contributed by atoms with Crippen molar-refractivity contribution in [1.29, 1.82) is 0 Å². The normalized spacial score (nSPS) is 11.1. The third kappa shape index (κ3) is 4.71. The fourth-order valence-electron chi connectivity index (χ4n) is 1.62. The van der Waals surface area contributed by atoms with Crippen molar-refractivity contribution in [2.75, 3.05) is 0 Å². The molecular weight excluding hydrogens is 312 g/mol. The standard InChI is InChI=1S/C15H13ClO2S2/c16-13-4-1-11(2-5-13)9-19-10-14-12(7-8-20-14)3-6-15(17)18/h1-8H,9-10H2,(H,17,18)/b6-3+. The lowest BCUT2D eigenvalue weighted by atomic mass is 10.2. The molecule has 0 saturated heterocycles. The van der Waals surface area contributed by atoms with E-state index in [4.69, 9.17) is 16.7 Å². The number of halogens is 1. The molecule has 0 aliphatic heterocycles. The minimum atomic E-state index is -0.920. The van der Waals surface area contributed by atoms with Crippen LogP contribution in [0, 0.1) is 0 Å². The molecule has 0 fully saturated rings. The second-order valence-corrected chi connectivity index (χ2v) is 6.51. The summed E-state index contributed by atoms with van der Waals surface area (Å²) in [7, 11) is 0. The van der Waals surface area contributed by atoms with E-state index in [1.807, 2.05) is 35.7 Å². The molecule has 0 saturated carbocycles. The van der Waals surface area contributed by atoms with E-state index in [2.05, 4.69) is 0 Å². The average Bonchev–Trinajstić information content (AvgIpc) is 2.86. The Balaban J connectivity index is 1.90. The summed E-state index contributed by atoms with van der Waals surface area (Å²) in [6.45, 7) is 0. The van der Waals surface area contributed by atoms with E-state index in [9.17, 15) is 4.79 Å². The third-order valence-electron chi connectivity index (χ3n) is 2.60. The Morgan fingerprint density at radius 1 is 1.25 bits per heavy atom. The van der Waals surface area contributed by atoms with E-state index in [0.29, 0.717) is 0 Å². The van der Waals surface area contributed by atoms with Crippen molar-refractivity contribution in [3.05, 3.63) is 62.8 Å². The van der Waals surface area contributed by atoms with Crippen molar-refractivity contribution in [1.82, 2.24) is 0 Å². The largest absolute Gasteiger partial charge is 0.478 e. The third-order valence-corrected chi connectivity index (χ3v) is 5.00. The number of carboxylic acid groups (broad SMARTS) is 1. The molecule has 0 spiro atoms. The molecule has 1 aromatic carbocycles. The lowest BCUT2D eigenvalue weighted by molar-refractivity contribution is -0.131. The zero-order chi connectivity index (χ0) is 14.4. The van der Waals surface area contributed by atoms with Gasteiger partial charge in [-0.25, -0.2) is 4.79 Å². The molecule has 0 atom stereocenters. The van der Waals surface area contributed by atoms with Gasteiger partial charge in [0.2, 0.25) is 0 Å². The highest BCUT2D eigenvalue weighted by atomic mass is 35.5. The van der Waals surface area contributed by atoms with Crippen LogP contribution in [0.4, 0.5) is 0 Å². The van der Waals surface area contributed by atoms with E-state index < -0.39 is 5.97 Å². The van der Waals surface area contributed by atoms with Gasteiger partial charge in [0, 0.05) is 27.5 Å². The van der Waals surface area contributed by atoms with E-state index in [0.717, 1.165) is 22.1 Å². The first-order chi connectivity index (χ1) is 9.65. The Bertz CT molecular complexity index is 603. The van der Waals surface area contributed by atoms with Gasteiger partial charge in [0.25, 0.3) is 0 Å². The van der Waals surface area contributed by atoms with Crippen molar-refractivity contribution in [3.8, 4) is 0 Å². The van der Waals surface area contributed by atoms with Gasteiger partial charge >= 0.3 is 5.97 Å². The first-order valence-corrected chi connectivity index (χ1v) is 8.36. The summed E-state index contributed by atoms with van der Waals surface area (Å²) in [4.78, 5) is 11.7. The maximum absolute atomic E-state index is 10.5. The second kappa shape index (κ2) is 7.53. The predicted molar refractivity (Wildman–Crippen MR) is 87.4 cm³/mol. The summed E-state index contributed by atoms with van der Waals surface area (Å²) in [6, 6.07) is 9.78. The summed E-state index contributed by atoms with van der Waals surface area (Å²) in [5.74, 6) is 0.868. The van der Waals surface area contributed by atoms with Crippen LogP contribution in [0.2, 0.25) is 5.02 Å². The van der Waals surface area contributed by atoms with Gasteiger partial charge in [-0.2, -0.15) is 11.8 Å². The van der Waals surface area contributed by atoms with E-state index in [1.54, 1.807) is 29.2 Å². The highest BCUT2D eigenvalue weighted by Gasteiger charge is 2.03. The summed E-state index contributed by atoms with van der Waals surface area (Å²) < 4.78 is 0. The number of hydrogen-bond donors (Lipinski definition) is 1. The van der Waals surface area contributed by atoms with Gasteiger partial charge < -0.3 is 5.11 Å². The first kappa shape index (κ1) is 15.2. The van der Waals surface area contributed by atoms with Gasteiger partial charge in [-0.3, -0.25) is 0 Å². The maximum Gasteiger partial charge on any atom is 0.328 e. The molecular formula is C15H13ClO2S2. The Morgan fingerprint density at radius 3 is 2.70 bits per heavy atom. The van der Waals surface area contributed by atoms with Crippen molar-refractivity contribution < 1.29 is 9.90 Å². The van der Waals surface area contributed by atoms with Crippen LogP contribution in [-0.2, 0) is 16.3 Å². The van der Waals surface area contributed by atoms with Crippen LogP contribution in [0.3, 0.4) is 0 Å². The Kier molecular flexibility index (Phi) is 5.71.